The van der Waals surface area contributed by atoms with Crippen molar-refractivity contribution in [2.24, 2.45) is 5.92 Å². The van der Waals surface area contributed by atoms with Crippen molar-refractivity contribution in [1.82, 2.24) is 10.3 Å². The van der Waals surface area contributed by atoms with E-state index in [1.807, 2.05) is 6.92 Å². The summed E-state index contributed by atoms with van der Waals surface area (Å²) >= 11 is 0. The Morgan fingerprint density at radius 2 is 1.88 bits per heavy atom. The molecule has 0 bridgehead atoms. The highest BCUT2D eigenvalue weighted by Crippen LogP contribution is 2.41. The molecule has 1 amide bonds. The Morgan fingerprint density at radius 3 is 2.42 bits per heavy atom. The molecule has 1 atom stereocenters. The van der Waals surface area contributed by atoms with Crippen LogP contribution in [0.25, 0.3) is 0 Å². The number of aromatic nitrogens is 1. The first kappa shape index (κ1) is 16.2. The number of amides is 1. The summed E-state index contributed by atoms with van der Waals surface area (Å²) in [5, 5.41) is 3.08. The summed E-state index contributed by atoms with van der Waals surface area (Å²) in [5.41, 5.74) is 2.93. The van der Waals surface area contributed by atoms with E-state index in [4.69, 9.17) is 0 Å². The largest absolute Gasteiger partial charge is 0.465 e. The van der Waals surface area contributed by atoms with E-state index in [2.05, 4.69) is 39.3 Å². The summed E-state index contributed by atoms with van der Waals surface area (Å²) in [6, 6.07) is 11.3. The molecule has 0 aliphatic heterocycles. The summed E-state index contributed by atoms with van der Waals surface area (Å²) in [7, 11) is 1.31. The lowest BCUT2D eigenvalue weighted by atomic mass is 10.0. The van der Waals surface area contributed by atoms with Crippen molar-refractivity contribution in [3.05, 3.63) is 65.0 Å². The minimum absolute atomic E-state index is 0.000170. The maximum Gasteiger partial charge on any atom is 0.339 e. The van der Waals surface area contributed by atoms with Crippen LogP contribution >= 0.6 is 0 Å². The number of esters is 1. The number of nitrogens with zero attached hydrogens (tertiary/aromatic N) is 1. The minimum atomic E-state index is -0.468. The van der Waals surface area contributed by atoms with Crippen molar-refractivity contribution in [3.63, 3.8) is 0 Å². The number of ether oxygens (including phenoxy) is 1. The first-order valence-corrected chi connectivity index (χ1v) is 8.00. The number of carbonyl (C=O) groups excluding carboxylic acids is 2. The Hall–Kier alpha value is -2.69. The molecular weight excluding hydrogens is 304 g/mol. The van der Waals surface area contributed by atoms with Gasteiger partial charge in [0, 0.05) is 6.20 Å². The monoisotopic (exact) mass is 324 g/mol. The lowest BCUT2D eigenvalue weighted by Gasteiger charge is -2.19. The normalized spacial score (nSPS) is 14.8. The summed E-state index contributed by atoms with van der Waals surface area (Å²) in [5.74, 6) is -0.222. The number of hydrogen-bond donors (Lipinski definition) is 1. The van der Waals surface area contributed by atoms with Crippen molar-refractivity contribution in [2.75, 3.05) is 7.11 Å². The van der Waals surface area contributed by atoms with Crippen LogP contribution in [-0.2, 0) is 4.74 Å². The minimum Gasteiger partial charge on any atom is -0.465 e. The molecule has 1 N–H and O–H groups in total. The van der Waals surface area contributed by atoms with Gasteiger partial charge in [-0.05, 0) is 43.4 Å². The van der Waals surface area contributed by atoms with Gasteiger partial charge in [0.1, 0.15) is 5.69 Å². The predicted molar refractivity (Wildman–Crippen MR) is 89.7 cm³/mol. The van der Waals surface area contributed by atoms with Gasteiger partial charge in [-0.3, -0.25) is 9.78 Å². The lowest BCUT2D eigenvalue weighted by molar-refractivity contribution is 0.0599. The molecule has 1 heterocycles. The third-order valence-electron chi connectivity index (χ3n) is 4.23. The van der Waals surface area contributed by atoms with E-state index >= 15 is 0 Å². The van der Waals surface area contributed by atoms with E-state index in [1.54, 1.807) is 12.1 Å². The standard InChI is InChI=1S/C19H20N2O3/c1-12-3-5-13(6-4-12)17(14-7-8-14)21-18(22)16-10-9-15(11-20-16)19(23)24-2/h3-6,9-11,14,17H,7-8H2,1-2H3,(H,21,22). The molecule has 1 saturated carbocycles. The number of methoxy groups -OCH3 is 1. The van der Waals surface area contributed by atoms with Crippen molar-refractivity contribution in [1.29, 1.82) is 0 Å². The smallest absolute Gasteiger partial charge is 0.339 e. The second kappa shape index (κ2) is 6.83. The van der Waals surface area contributed by atoms with Gasteiger partial charge in [0.2, 0.25) is 0 Å². The van der Waals surface area contributed by atoms with Crippen molar-refractivity contribution in [2.45, 2.75) is 25.8 Å². The molecule has 1 unspecified atom stereocenters. The highest BCUT2D eigenvalue weighted by Gasteiger charge is 2.33. The molecule has 24 heavy (non-hydrogen) atoms. The predicted octanol–water partition coefficient (Wildman–Crippen LogP) is 3.06. The zero-order valence-electron chi connectivity index (χ0n) is 13.8. The fourth-order valence-electron chi connectivity index (χ4n) is 2.66. The van der Waals surface area contributed by atoms with Crippen molar-refractivity contribution >= 4 is 11.9 Å². The molecule has 2 aromatic rings. The van der Waals surface area contributed by atoms with Crippen LogP contribution in [0.3, 0.4) is 0 Å². The summed E-state index contributed by atoms with van der Waals surface area (Å²) in [6.07, 6.45) is 3.60. The Kier molecular flexibility index (Phi) is 4.60. The maximum atomic E-state index is 12.5. The van der Waals surface area contributed by atoms with Crippen LogP contribution in [0.15, 0.2) is 42.6 Å². The zero-order chi connectivity index (χ0) is 17.1. The van der Waals surface area contributed by atoms with Gasteiger partial charge in [0.05, 0.1) is 18.7 Å². The van der Waals surface area contributed by atoms with E-state index in [9.17, 15) is 9.59 Å². The molecule has 5 nitrogen and oxygen atoms in total. The SMILES string of the molecule is COC(=O)c1ccc(C(=O)NC(c2ccc(C)cc2)C2CC2)nc1. The van der Waals surface area contributed by atoms with Crippen LogP contribution in [0.2, 0.25) is 0 Å². The fourth-order valence-corrected chi connectivity index (χ4v) is 2.66. The van der Waals surface area contributed by atoms with Gasteiger partial charge >= 0.3 is 5.97 Å². The van der Waals surface area contributed by atoms with Gasteiger partial charge in [-0.25, -0.2) is 4.79 Å². The summed E-state index contributed by atoms with van der Waals surface area (Å²) in [4.78, 5) is 28.0. The molecule has 0 radical (unpaired) electrons. The first-order chi connectivity index (χ1) is 11.6. The average molecular weight is 324 g/mol. The molecule has 124 valence electrons. The van der Waals surface area contributed by atoms with E-state index in [0.717, 1.165) is 18.4 Å². The van der Waals surface area contributed by atoms with Gasteiger partial charge in [0.25, 0.3) is 5.91 Å². The molecule has 1 aliphatic carbocycles. The second-order valence-corrected chi connectivity index (χ2v) is 6.12. The fraction of sp³-hybridized carbons (Fsp3) is 0.316. The van der Waals surface area contributed by atoms with Crippen LogP contribution in [0, 0.1) is 12.8 Å². The molecule has 5 heteroatoms. The number of aryl methyl sites for hydroxylation is 1. The van der Waals surface area contributed by atoms with E-state index in [-0.39, 0.29) is 11.9 Å². The first-order valence-electron chi connectivity index (χ1n) is 8.00. The number of benzene rings is 1. The van der Waals surface area contributed by atoms with Crippen LogP contribution in [0.5, 0.6) is 0 Å². The highest BCUT2D eigenvalue weighted by molar-refractivity contribution is 5.94. The molecule has 1 aromatic carbocycles. The molecule has 1 fully saturated rings. The number of pyridine rings is 1. The van der Waals surface area contributed by atoms with Crippen LogP contribution in [-0.4, -0.2) is 24.0 Å². The molecule has 0 saturated heterocycles. The Balaban J connectivity index is 1.74. The number of nitrogens with one attached hydrogen (secondary N) is 1. The van der Waals surface area contributed by atoms with Crippen LogP contribution in [0.1, 0.15) is 50.9 Å². The maximum absolute atomic E-state index is 12.5. The Bertz CT molecular complexity index is 734. The Morgan fingerprint density at radius 1 is 1.17 bits per heavy atom. The van der Waals surface area contributed by atoms with Crippen molar-refractivity contribution < 1.29 is 14.3 Å². The third-order valence-corrected chi connectivity index (χ3v) is 4.23. The van der Waals surface area contributed by atoms with E-state index < -0.39 is 5.97 Å². The van der Waals surface area contributed by atoms with Gasteiger partial charge in [0.15, 0.2) is 0 Å². The molecule has 1 aliphatic rings. The summed E-state index contributed by atoms with van der Waals surface area (Å²) in [6.45, 7) is 2.04. The Labute approximate surface area is 141 Å². The highest BCUT2D eigenvalue weighted by atomic mass is 16.5. The van der Waals surface area contributed by atoms with Gasteiger partial charge < -0.3 is 10.1 Å². The zero-order valence-corrected chi connectivity index (χ0v) is 13.8. The van der Waals surface area contributed by atoms with Crippen LogP contribution in [0.4, 0.5) is 0 Å². The average Bonchev–Trinajstić information content (AvgIpc) is 3.45. The van der Waals surface area contributed by atoms with Gasteiger partial charge in [-0.2, -0.15) is 0 Å². The topological polar surface area (TPSA) is 68.3 Å². The molecular formula is C19H20N2O3. The van der Waals surface area contributed by atoms with E-state index in [0.29, 0.717) is 17.2 Å². The van der Waals surface area contributed by atoms with Gasteiger partial charge in [-0.1, -0.05) is 29.8 Å². The lowest BCUT2D eigenvalue weighted by Crippen LogP contribution is -2.30. The summed E-state index contributed by atoms with van der Waals surface area (Å²) < 4.78 is 4.63. The van der Waals surface area contributed by atoms with Gasteiger partial charge in [-0.15, -0.1) is 0 Å². The van der Waals surface area contributed by atoms with E-state index in [1.165, 1.54) is 18.9 Å². The molecule has 0 spiro atoms. The number of carbonyl (C=O) groups is 2. The van der Waals surface area contributed by atoms with Crippen molar-refractivity contribution in [3.8, 4) is 0 Å². The van der Waals surface area contributed by atoms with Crippen LogP contribution < -0.4 is 5.32 Å². The number of hydrogen-bond acceptors (Lipinski definition) is 4. The quantitative estimate of drug-likeness (QED) is 0.858. The third kappa shape index (κ3) is 3.62. The number of rotatable bonds is 5. The molecule has 3 rings (SSSR count). The second-order valence-electron chi connectivity index (χ2n) is 6.12. The molecule has 1 aromatic heterocycles.